The van der Waals surface area contributed by atoms with Crippen molar-refractivity contribution in [1.29, 1.82) is 0 Å². The predicted octanol–water partition coefficient (Wildman–Crippen LogP) is 1.77. The maximum absolute atomic E-state index is 12.7. The van der Waals surface area contributed by atoms with Crippen LogP contribution in [0, 0.1) is 0 Å². The summed E-state index contributed by atoms with van der Waals surface area (Å²) in [6.07, 6.45) is 6.09. The molecule has 2 atom stereocenters. The topological polar surface area (TPSA) is 143 Å². The number of carbonyl (C=O) groups is 2. The first kappa shape index (κ1) is 30.6. The van der Waals surface area contributed by atoms with Crippen LogP contribution in [0.25, 0.3) is 5.69 Å². The molecule has 2 aliphatic rings. The third-order valence-corrected chi connectivity index (χ3v) is 7.40. The molecule has 1 aliphatic carbocycles. The number of halogens is 1. The lowest BCUT2D eigenvalue weighted by Crippen LogP contribution is -2.58. The summed E-state index contributed by atoms with van der Waals surface area (Å²) in [5.74, 6) is 0.0404. The Bertz CT molecular complexity index is 1190. The summed E-state index contributed by atoms with van der Waals surface area (Å²) in [7, 11) is 2.14. The second-order valence-corrected chi connectivity index (χ2v) is 11.1. The molecule has 1 aliphatic heterocycles. The van der Waals surface area contributed by atoms with Crippen molar-refractivity contribution in [1.82, 2.24) is 24.3 Å². The van der Waals surface area contributed by atoms with E-state index in [0.29, 0.717) is 37.9 Å². The summed E-state index contributed by atoms with van der Waals surface area (Å²) in [5.41, 5.74) is 12.5. The summed E-state index contributed by atoms with van der Waals surface area (Å²) in [4.78, 5) is 47.4. The van der Waals surface area contributed by atoms with Crippen LogP contribution in [-0.2, 0) is 11.3 Å². The number of piperazine rings is 1. The maximum Gasteiger partial charge on any atom is 0.354 e. The van der Waals surface area contributed by atoms with Gasteiger partial charge in [-0.3, -0.25) is 19.6 Å². The third kappa shape index (κ3) is 7.78. The number of benzene rings is 1. The van der Waals surface area contributed by atoms with Crippen molar-refractivity contribution in [2.45, 2.75) is 63.7 Å². The highest BCUT2D eigenvalue weighted by atomic mass is 35.5. The molecule has 39 heavy (non-hydrogen) atoms. The average molecular weight is 561 g/mol. The molecule has 1 aromatic heterocycles. The number of rotatable bonds is 6. The molecule has 1 saturated heterocycles. The Morgan fingerprint density at radius 1 is 1.08 bits per heavy atom. The maximum atomic E-state index is 12.7. The Balaban J connectivity index is 0.00000420. The van der Waals surface area contributed by atoms with E-state index in [0.717, 1.165) is 24.9 Å². The van der Waals surface area contributed by atoms with Gasteiger partial charge in [0, 0.05) is 51.0 Å². The highest BCUT2D eigenvalue weighted by molar-refractivity contribution is 5.89. The van der Waals surface area contributed by atoms with E-state index >= 15 is 0 Å². The highest BCUT2D eigenvalue weighted by Gasteiger charge is 2.31. The molecule has 0 unspecified atom stereocenters. The van der Waals surface area contributed by atoms with E-state index in [2.05, 4.69) is 22.2 Å². The molecule has 12 heteroatoms. The van der Waals surface area contributed by atoms with Gasteiger partial charge in [-0.25, -0.2) is 9.59 Å². The number of nitrogens with zero attached hydrogens (tertiary/aromatic N) is 5. The molecule has 2 fully saturated rings. The lowest BCUT2D eigenvalue weighted by Gasteiger charge is -2.37. The van der Waals surface area contributed by atoms with E-state index in [1.165, 1.54) is 17.4 Å². The summed E-state index contributed by atoms with van der Waals surface area (Å²) in [6.45, 7) is 5.72. The first-order chi connectivity index (χ1) is 18.0. The van der Waals surface area contributed by atoms with Crippen LogP contribution in [0.1, 0.15) is 45.1 Å². The number of anilines is 1. The predicted molar refractivity (Wildman–Crippen MR) is 154 cm³/mol. The van der Waals surface area contributed by atoms with Crippen LogP contribution in [0.4, 0.5) is 10.6 Å². The molecule has 2 aromatic rings. The van der Waals surface area contributed by atoms with Crippen molar-refractivity contribution in [3.63, 3.8) is 0 Å². The monoisotopic (exact) mass is 560 g/mol. The van der Waals surface area contributed by atoms with Gasteiger partial charge in [-0.2, -0.15) is 4.98 Å². The normalized spacial score (nSPS) is 19.9. The molecular weight excluding hydrogens is 520 g/mol. The van der Waals surface area contributed by atoms with E-state index in [9.17, 15) is 14.4 Å². The van der Waals surface area contributed by atoms with E-state index in [-0.39, 0.29) is 36.2 Å². The van der Waals surface area contributed by atoms with Gasteiger partial charge in [-0.1, -0.05) is 18.6 Å². The van der Waals surface area contributed by atoms with Gasteiger partial charge in [0.05, 0.1) is 11.2 Å². The lowest BCUT2D eigenvalue weighted by atomic mass is 9.90. The molecular formula is C27H41ClN8O3. The molecule has 1 aromatic carbocycles. The van der Waals surface area contributed by atoms with Crippen LogP contribution in [0.5, 0.6) is 0 Å². The molecule has 214 valence electrons. The smallest absolute Gasteiger partial charge is 0.338 e. The van der Waals surface area contributed by atoms with Gasteiger partial charge < -0.3 is 21.3 Å². The number of hydrogen-bond acceptors (Lipinski definition) is 7. The fourth-order valence-corrected chi connectivity index (χ4v) is 5.16. The van der Waals surface area contributed by atoms with Gasteiger partial charge in [0.2, 0.25) is 5.91 Å². The molecule has 0 spiro atoms. The van der Waals surface area contributed by atoms with Gasteiger partial charge in [-0.15, -0.1) is 12.4 Å². The quantitative estimate of drug-likeness (QED) is 0.488. The molecule has 1 saturated carbocycles. The van der Waals surface area contributed by atoms with Crippen molar-refractivity contribution >= 4 is 30.2 Å². The number of aromatic nitrogens is 2. The second-order valence-electron chi connectivity index (χ2n) is 11.1. The number of nitrogens with two attached hydrogens (primary N) is 2. The standard InChI is InChI=1S/C27H40N8O3.ClH/c1-27(2,29)24(36)33-13-15-34(16-14-33)25(37)30-23-11-12-35(26(38)31-23)21-9-7-19(8-10-21)18-32(3)22-6-4-5-20(28)17-22;/h7-12,20,22H,4-6,13-18,28-29H2,1-3H3,(H,30,31,37,38);1H/t20-,22+;/m1./s1. The fourth-order valence-electron chi connectivity index (χ4n) is 5.16. The Morgan fingerprint density at radius 3 is 2.31 bits per heavy atom. The van der Waals surface area contributed by atoms with Crippen LogP contribution in [0.15, 0.2) is 41.3 Å². The van der Waals surface area contributed by atoms with Crippen LogP contribution < -0.4 is 22.5 Å². The fraction of sp³-hybridized carbons (Fsp3) is 0.556. The van der Waals surface area contributed by atoms with Gasteiger partial charge in [-0.05, 0) is 63.9 Å². The molecule has 3 amide bonds. The second kappa shape index (κ2) is 12.9. The van der Waals surface area contributed by atoms with Crippen LogP contribution >= 0.6 is 12.4 Å². The zero-order chi connectivity index (χ0) is 27.4. The minimum atomic E-state index is -0.946. The van der Waals surface area contributed by atoms with E-state index < -0.39 is 11.2 Å². The molecule has 5 N–H and O–H groups in total. The van der Waals surface area contributed by atoms with Crippen molar-refractivity contribution in [3.8, 4) is 5.69 Å². The largest absolute Gasteiger partial charge is 0.354 e. The Labute approximate surface area is 235 Å². The van der Waals surface area contributed by atoms with Crippen LogP contribution in [0.3, 0.4) is 0 Å². The van der Waals surface area contributed by atoms with Gasteiger partial charge in [0.25, 0.3) is 0 Å². The van der Waals surface area contributed by atoms with Crippen molar-refractivity contribution in [2.24, 2.45) is 11.5 Å². The van der Waals surface area contributed by atoms with Crippen molar-refractivity contribution in [2.75, 3.05) is 38.5 Å². The number of nitrogens with one attached hydrogen (secondary N) is 1. The first-order valence-electron chi connectivity index (χ1n) is 13.3. The lowest BCUT2D eigenvalue weighted by molar-refractivity contribution is -0.137. The Morgan fingerprint density at radius 2 is 1.72 bits per heavy atom. The van der Waals surface area contributed by atoms with E-state index in [4.69, 9.17) is 11.5 Å². The Kier molecular flexibility index (Phi) is 10.1. The molecule has 2 heterocycles. The third-order valence-electron chi connectivity index (χ3n) is 7.40. The zero-order valence-corrected chi connectivity index (χ0v) is 23.8. The van der Waals surface area contributed by atoms with Crippen LogP contribution in [-0.4, -0.2) is 87.0 Å². The Hall–Kier alpha value is -2.99. The summed E-state index contributed by atoms with van der Waals surface area (Å²) in [6, 6.07) is 9.87. The van der Waals surface area contributed by atoms with Gasteiger partial charge in [0.1, 0.15) is 5.82 Å². The molecule has 0 radical (unpaired) electrons. The van der Waals surface area contributed by atoms with Crippen molar-refractivity contribution < 1.29 is 9.59 Å². The summed E-state index contributed by atoms with van der Waals surface area (Å²) < 4.78 is 1.45. The minimum absolute atomic E-state index is 0. The number of amides is 3. The molecule has 11 nitrogen and oxygen atoms in total. The first-order valence-corrected chi connectivity index (χ1v) is 13.3. The number of hydrogen-bond donors (Lipinski definition) is 3. The SMILES string of the molecule is CN(Cc1ccc(-n2ccc(NC(=O)N3CCN(C(=O)C(C)(C)N)CC3)nc2=O)cc1)[C@H]1CCC[C@@H](N)C1.Cl. The van der Waals surface area contributed by atoms with E-state index in [1.807, 2.05) is 24.3 Å². The van der Waals surface area contributed by atoms with Gasteiger partial charge >= 0.3 is 11.7 Å². The minimum Gasteiger partial charge on any atom is -0.338 e. The summed E-state index contributed by atoms with van der Waals surface area (Å²) in [5, 5.41) is 2.69. The number of carbonyl (C=O) groups excluding carboxylic acids is 2. The average Bonchev–Trinajstić information content (AvgIpc) is 2.88. The summed E-state index contributed by atoms with van der Waals surface area (Å²) >= 11 is 0. The van der Waals surface area contributed by atoms with E-state index in [1.54, 1.807) is 35.9 Å². The molecule has 0 bridgehead atoms. The van der Waals surface area contributed by atoms with Crippen LogP contribution in [0.2, 0.25) is 0 Å². The van der Waals surface area contributed by atoms with Crippen molar-refractivity contribution in [3.05, 3.63) is 52.6 Å². The molecule has 4 rings (SSSR count). The number of urea groups is 1. The highest BCUT2D eigenvalue weighted by Crippen LogP contribution is 2.22. The zero-order valence-electron chi connectivity index (χ0n) is 23.0. The van der Waals surface area contributed by atoms with Gasteiger partial charge in [0.15, 0.2) is 0 Å².